The van der Waals surface area contributed by atoms with Crippen LogP contribution in [-0.4, -0.2) is 18.7 Å². The second-order valence-electron chi connectivity index (χ2n) is 3.08. The van der Waals surface area contributed by atoms with E-state index in [0.29, 0.717) is 0 Å². The molecule has 1 aliphatic heterocycles. The van der Waals surface area contributed by atoms with E-state index in [4.69, 9.17) is 0 Å². The molecule has 72 valence electrons. The lowest BCUT2D eigenvalue weighted by molar-refractivity contribution is 0.731. The van der Waals surface area contributed by atoms with Gasteiger partial charge in [0.15, 0.2) is 0 Å². The lowest BCUT2D eigenvalue weighted by Gasteiger charge is -2.15. The van der Waals surface area contributed by atoms with Crippen molar-refractivity contribution >= 4 is 11.7 Å². The van der Waals surface area contributed by atoms with Crippen LogP contribution in [0, 0.1) is 0 Å². The number of nitrogens with zero attached hydrogens (tertiary/aromatic N) is 2. The Morgan fingerprint density at radius 3 is 2.92 bits per heavy atom. The van der Waals surface area contributed by atoms with Crippen LogP contribution in [0.5, 0.6) is 0 Å². The van der Waals surface area contributed by atoms with Crippen molar-refractivity contribution < 1.29 is 0 Å². The molecule has 0 fully saturated rings. The molecule has 0 amide bonds. The lowest BCUT2D eigenvalue weighted by atomic mass is 10.1. The third-order valence-corrected chi connectivity index (χ3v) is 1.76. The van der Waals surface area contributed by atoms with Gasteiger partial charge in [0.05, 0.1) is 0 Å². The van der Waals surface area contributed by atoms with Crippen LogP contribution < -0.4 is 10.9 Å². The molecule has 0 radical (unpaired) electrons. The number of hydrogen-bond acceptors (Lipinski definition) is 3. The summed E-state index contributed by atoms with van der Waals surface area (Å²) >= 11 is 0. The zero-order valence-corrected chi connectivity index (χ0v) is 8.22. The van der Waals surface area contributed by atoms with Crippen LogP contribution in [0.2, 0.25) is 0 Å². The molecule has 13 heavy (non-hydrogen) atoms. The number of rotatable bonds is 2. The van der Waals surface area contributed by atoms with Gasteiger partial charge in [-0.3, -0.25) is 10.4 Å². The Morgan fingerprint density at radius 2 is 2.31 bits per heavy atom. The SMILES string of the molecule is C=C(C)NNC1=NC(=NC)CCC1. The molecule has 1 aliphatic rings. The fourth-order valence-corrected chi connectivity index (χ4v) is 1.11. The quantitative estimate of drug-likeness (QED) is 0.628. The summed E-state index contributed by atoms with van der Waals surface area (Å²) in [6.07, 6.45) is 3.06. The Kier molecular flexibility index (Phi) is 3.49. The number of hydrazine groups is 1. The Balaban J connectivity index is 2.49. The molecule has 0 spiro atoms. The molecule has 0 atom stereocenters. The first-order chi connectivity index (χ1) is 6.22. The maximum Gasteiger partial charge on any atom is 0.125 e. The number of amidine groups is 2. The molecule has 2 N–H and O–H groups in total. The van der Waals surface area contributed by atoms with E-state index in [1.807, 2.05) is 6.92 Å². The van der Waals surface area contributed by atoms with Crippen LogP contribution >= 0.6 is 0 Å². The van der Waals surface area contributed by atoms with Gasteiger partial charge in [0.25, 0.3) is 0 Å². The highest BCUT2D eigenvalue weighted by Gasteiger charge is 2.08. The predicted octanol–water partition coefficient (Wildman–Crippen LogP) is 1.22. The fraction of sp³-hybridized carbons (Fsp3) is 0.556. The van der Waals surface area contributed by atoms with E-state index in [9.17, 15) is 0 Å². The minimum absolute atomic E-state index is 0.878. The van der Waals surface area contributed by atoms with Crippen LogP contribution in [0.1, 0.15) is 26.2 Å². The van der Waals surface area contributed by atoms with Crippen LogP contribution in [-0.2, 0) is 0 Å². The maximum absolute atomic E-state index is 4.32. The number of hydrogen-bond donors (Lipinski definition) is 2. The van der Waals surface area contributed by atoms with E-state index in [2.05, 4.69) is 27.4 Å². The minimum Gasteiger partial charge on any atom is -0.305 e. The Morgan fingerprint density at radius 1 is 1.54 bits per heavy atom. The normalized spacial score (nSPS) is 19.5. The number of allylic oxidation sites excluding steroid dienone is 1. The average Bonchev–Trinajstić information content (AvgIpc) is 2.15. The first-order valence-corrected chi connectivity index (χ1v) is 4.43. The fourth-order valence-electron chi connectivity index (χ4n) is 1.11. The first-order valence-electron chi connectivity index (χ1n) is 4.43. The molecule has 1 heterocycles. The van der Waals surface area contributed by atoms with Gasteiger partial charge in [0.2, 0.25) is 0 Å². The molecule has 0 aromatic rings. The van der Waals surface area contributed by atoms with Crippen molar-refractivity contribution in [3.8, 4) is 0 Å². The third-order valence-electron chi connectivity index (χ3n) is 1.76. The number of nitrogens with one attached hydrogen (secondary N) is 2. The average molecular weight is 180 g/mol. The molecule has 0 bridgehead atoms. The highest BCUT2D eigenvalue weighted by molar-refractivity contribution is 5.98. The summed E-state index contributed by atoms with van der Waals surface area (Å²) in [7, 11) is 1.77. The van der Waals surface area contributed by atoms with E-state index in [0.717, 1.165) is 36.6 Å². The van der Waals surface area contributed by atoms with Gasteiger partial charge >= 0.3 is 0 Å². The Bertz CT molecular complexity index is 252. The van der Waals surface area contributed by atoms with E-state index in [1.165, 1.54) is 0 Å². The van der Waals surface area contributed by atoms with E-state index < -0.39 is 0 Å². The topological polar surface area (TPSA) is 48.8 Å². The molecule has 4 nitrogen and oxygen atoms in total. The molecular weight excluding hydrogens is 164 g/mol. The van der Waals surface area contributed by atoms with Gasteiger partial charge < -0.3 is 5.43 Å². The summed E-state index contributed by atoms with van der Waals surface area (Å²) in [6.45, 7) is 5.61. The molecule has 0 unspecified atom stereocenters. The van der Waals surface area contributed by atoms with Gasteiger partial charge in [-0.15, -0.1) is 0 Å². The van der Waals surface area contributed by atoms with Crippen LogP contribution in [0.15, 0.2) is 22.3 Å². The minimum atomic E-state index is 0.878. The van der Waals surface area contributed by atoms with Crippen LogP contribution in [0.25, 0.3) is 0 Å². The van der Waals surface area contributed by atoms with Gasteiger partial charge in [0.1, 0.15) is 11.7 Å². The van der Waals surface area contributed by atoms with Gasteiger partial charge in [0, 0.05) is 25.6 Å². The first kappa shape index (κ1) is 9.77. The molecule has 0 aliphatic carbocycles. The lowest BCUT2D eigenvalue weighted by Crippen LogP contribution is -2.37. The molecule has 0 aromatic carbocycles. The van der Waals surface area contributed by atoms with Crippen molar-refractivity contribution in [2.45, 2.75) is 26.2 Å². The summed E-state index contributed by atoms with van der Waals surface area (Å²) in [4.78, 5) is 8.39. The van der Waals surface area contributed by atoms with Gasteiger partial charge in [-0.1, -0.05) is 6.58 Å². The molecule has 0 aromatic heterocycles. The van der Waals surface area contributed by atoms with Gasteiger partial charge in [-0.05, 0) is 13.3 Å². The van der Waals surface area contributed by atoms with E-state index >= 15 is 0 Å². The van der Waals surface area contributed by atoms with Gasteiger partial charge in [-0.25, -0.2) is 4.99 Å². The van der Waals surface area contributed by atoms with Crippen molar-refractivity contribution in [1.29, 1.82) is 0 Å². The molecular formula is C9H16N4. The standard InChI is InChI=1S/C9H16N4/c1-7(2)12-13-9-6-4-5-8(10-3)11-9/h12H,1,4-6H2,2-3H3,(H,10,11,13). The van der Waals surface area contributed by atoms with Crippen molar-refractivity contribution in [1.82, 2.24) is 10.9 Å². The van der Waals surface area contributed by atoms with Crippen molar-refractivity contribution in [3.63, 3.8) is 0 Å². The monoisotopic (exact) mass is 180 g/mol. The van der Waals surface area contributed by atoms with Crippen molar-refractivity contribution in [2.75, 3.05) is 7.05 Å². The van der Waals surface area contributed by atoms with Crippen molar-refractivity contribution in [3.05, 3.63) is 12.3 Å². The highest BCUT2D eigenvalue weighted by atomic mass is 15.4. The summed E-state index contributed by atoms with van der Waals surface area (Å²) in [5.74, 6) is 1.85. The second kappa shape index (κ2) is 4.64. The van der Waals surface area contributed by atoms with Crippen LogP contribution in [0.4, 0.5) is 0 Å². The summed E-state index contributed by atoms with van der Waals surface area (Å²) < 4.78 is 0. The van der Waals surface area contributed by atoms with Gasteiger partial charge in [-0.2, -0.15) is 0 Å². The van der Waals surface area contributed by atoms with E-state index in [1.54, 1.807) is 7.05 Å². The Labute approximate surface area is 78.8 Å². The zero-order chi connectivity index (χ0) is 9.68. The summed E-state index contributed by atoms with van der Waals surface area (Å²) in [5, 5.41) is 0. The third kappa shape index (κ3) is 3.27. The summed E-state index contributed by atoms with van der Waals surface area (Å²) in [5.41, 5.74) is 6.81. The summed E-state index contributed by atoms with van der Waals surface area (Å²) in [6, 6.07) is 0. The van der Waals surface area contributed by atoms with Crippen molar-refractivity contribution in [2.24, 2.45) is 9.98 Å². The highest BCUT2D eigenvalue weighted by Crippen LogP contribution is 2.06. The maximum atomic E-state index is 4.32. The second-order valence-corrected chi connectivity index (χ2v) is 3.08. The molecule has 0 saturated carbocycles. The molecule has 1 rings (SSSR count). The largest absolute Gasteiger partial charge is 0.305 e. The Hall–Kier alpha value is -1.32. The van der Waals surface area contributed by atoms with Crippen LogP contribution in [0.3, 0.4) is 0 Å². The smallest absolute Gasteiger partial charge is 0.125 e. The molecule has 4 heteroatoms. The van der Waals surface area contributed by atoms with E-state index in [-0.39, 0.29) is 0 Å². The number of aliphatic imine (C=N–C) groups is 2. The zero-order valence-electron chi connectivity index (χ0n) is 8.22. The molecule has 0 saturated heterocycles. The predicted molar refractivity (Wildman–Crippen MR) is 55.7 cm³/mol.